The molecule has 1 amide bonds. The number of benzene rings is 1. The van der Waals surface area contributed by atoms with Crippen LogP contribution in [-0.4, -0.2) is 32.2 Å². The number of aryl methyl sites for hydroxylation is 2. The number of hydrogen-bond acceptors (Lipinski definition) is 5. The summed E-state index contributed by atoms with van der Waals surface area (Å²) in [5.41, 5.74) is 1.97. The molecule has 6 heteroatoms. The van der Waals surface area contributed by atoms with Crippen molar-refractivity contribution in [2.24, 2.45) is 0 Å². The Kier molecular flexibility index (Phi) is 5.38. The van der Waals surface area contributed by atoms with Gasteiger partial charge >= 0.3 is 0 Å². The van der Waals surface area contributed by atoms with E-state index in [1.54, 1.807) is 26.2 Å². The Balaban J connectivity index is 1.99. The lowest BCUT2D eigenvalue weighted by molar-refractivity contribution is -0.118. The van der Waals surface area contributed by atoms with Gasteiger partial charge in [0.2, 0.25) is 5.91 Å². The maximum absolute atomic E-state index is 12.2. The number of hydrogen-bond donors (Lipinski definition) is 0. The van der Waals surface area contributed by atoms with Crippen LogP contribution >= 0.6 is 11.3 Å². The number of amides is 1. The first kappa shape index (κ1) is 16.3. The van der Waals surface area contributed by atoms with Gasteiger partial charge in [-0.1, -0.05) is 6.07 Å². The summed E-state index contributed by atoms with van der Waals surface area (Å²) in [4.78, 5) is 18.2. The molecule has 0 saturated carbocycles. The van der Waals surface area contributed by atoms with E-state index in [0.717, 1.165) is 16.4 Å². The van der Waals surface area contributed by atoms with E-state index in [-0.39, 0.29) is 5.91 Å². The molecule has 0 fully saturated rings. The molecule has 0 aliphatic rings. The number of nitrogens with zero attached hydrogens (tertiary/aromatic N) is 2. The number of carbonyl (C=O) groups excluding carboxylic acids is 1. The molecule has 1 aromatic heterocycles. The number of thiazole rings is 1. The SMILES string of the molecule is COc1ccc(CCC(=O)N(C)c2nc(C)cs2)cc1OC. The smallest absolute Gasteiger partial charge is 0.228 e. The number of anilines is 1. The average molecular weight is 320 g/mol. The minimum atomic E-state index is 0.0455. The molecule has 0 spiro atoms. The highest BCUT2D eigenvalue weighted by Crippen LogP contribution is 2.28. The van der Waals surface area contributed by atoms with Gasteiger partial charge in [0.25, 0.3) is 0 Å². The number of carbonyl (C=O) groups is 1. The van der Waals surface area contributed by atoms with Crippen molar-refractivity contribution in [3.63, 3.8) is 0 Å². The second kappa shape index (κ2) is 7.26. The molecule has 0 aliphatic heterocycles. The van der Waals surface area contributed by atoms with E-state index in [1.165, 1.54) is 11.3 Å². The van der Waals surface area contributed by atoms with Gasteiger partial charge in [-0.15, -0.1) is 11.3 Å². The zero-order chi connectivity index (χ0) is 16.1. The third kappa shape index (κ3) is 3.76. The Morgan fingerprint density at radius 3 is 2.59 bits per heavy atom. The van der Waals surface area contributed by atoms with Gasteiger partial charge in [0.15, 0.2) is 16.6 Å². The topological polar surface area (TPSA) is 51.7 Å². The summed E-state index contributed by atoms with van der Waals surface area (Å²) in [6.45, 7) is 1.92. The first-order chi connectivity index (χ1) is 10.5. The minimum Gasteiger partial charge on any atom is -0.493 e. The summed E-state index contributed by atoms with van der Waals surface area (Å²) in [7, 11) is 4.96. The standard InChI is InChI=1S/C16H20N2O3S/c1-11-10-22-16(17-11)18(2)15(19)8-6-12-5-7-13(20-3)14(9-12)21-4/h5,7,9-10H,6,8H2,1-4H3. The molecular weight excluding hydrogens is 300 g/mol. The fourth-order valence-electron chi connectivity index (χ4n) is 2.06. The van der Waals surface area contributed by atoms with Crippen LogP contribution in [0.3, 0.4) is 0 Å². The molecule has 5 nitrogen and oxygen atoms in total. The lowest BCUT2D eigenvalue weighted by atomic mass is 10.1. The molecule has 22 heavy (non-hydrogen) atoms. The zero-order valence-electron chi connectivity index (χ0n) is 13.3. The summed E-state index contributed by atoms with van der Waals surface area (Å²) in [5, 5.41) is 2.67. The van der Waals surface area contributed by atoms with Gasteiger partial charge in [0.1, 0.15) is 0 Å². The summed E-state index contributed by atoms with van der Waals surface area (Å²) >= 11 is 1.48. The quantitative estimate of drug-likeness (QED) is 0.821. The first-order valence-corrected chi connectivity index (χ1v) is 7.82. The predicted molar refractivity (Wildman–Crippen MR) is 88.1 cm³/mol. The highest BCUT2D eigenvalue weighted by atomic mass is 32.1. The Morgan fingerprint density at radius 1 is 1.27 bits per heavy atom. The third-order valence-electron chi connectivity index (χ3n) is 3.34. The van der Waals surface area contributed by atoms with Gasteiger partial charge in [-0.25, -0.2) is 4.98 Å². The van der Waals surface area contributed by atoms with E-state index in [0.29, 0.717) is 24.3 Å². The van der Waals surface area contributed by atoms with Gasteiger partial charge in [0, 0.05) is 18.8 Å². The summed E-state index contributed by atoms with van der Waals surface area (Å²) in [6, 6.07) is 5.70. The Morgan fingerprint density at radius 2 is 2.00 bits per heavy atom. The van der Waals surface area contributed by atoms with Crippen LogP contribution < -0.4 is 14.4 Å². The zero-order valence-corrected chi connectivity index (χ0v) is 14.1. The van der Waals surface area contributed by atoms with Crippen LogP contribution in [0.4, 0.5) is 5.13 Å². The normalized spacial score (nSPS) is 10.4. The molecule has 2 rings (SSSR count). The second-order valence-corrected chi connectivity index (χ2v) is 5.75. The summed E-state index contributed by atoms with van der Waals surface area (Å²) in [6.07, 6.45) is 1.07. The predicted octanol–water partition coefficient (Wildman–Crippen LogP) is 3.06. The highest BCUT2D eigenvalue weighted by Gasteiger charge is 2.14. The fourth-order valence-corrected chi connectivity index (χ4v) is 2.84. The van der Waals surface area contributed by atoms with Gasteiger partial charge < -0.3 is 9.47 Å². The minimum absolute atomic E-state index is 0.0455. The monoisotopic (exact) mass is 320 g/mol. The van der Waals surface area contributed by atoms with Gasteiger partial charge in [0.05, 0.1) is 19.9 Å². The summed E-state index contributed by atoms with van der Waals surface area (Å²) in [5.74, 6) is 1.41. The molecule has 0 bridgehead atoms. The molecule has 2 aromatic rings. The van der Waals surface area contributed by atoms with E-state index >= 15 is 0 Å². The number of methoxy groups -OCH3 is 2. The Labute approximate surface area is 134 Å². The van der Waals surface area contributed by atoms with Crippen LogP contribution in [0.5, 0.6) is 11.5 Å². The van der Waals surface area contributed by atoms with Crippen molar-refractivity contribution in [2.75, 3.05) is 26.2 Å². The molecule has 0 N–H and O–H groups in total. The van der Waals surface area contributed by atoms with Crippen molar-refractivity contribution in [3.8, 4) is 11.5 Å². The number of aromatic nitrogens is 1. The maximum atomic E-state index is 12.2. The average Bonchev–Trinajstić information content (AvgIpc) is 2.97. The third-order valence-corrected chi connectivity index (χ3v) is 4.38. The van der Waals surface area contributed by atoms with Gasteiger partial charge in [-0.05, 0) is 31.0 Å². The molecule has 0 aliphatic carbocycles. The largest absolute Gasteiger partial charge is 0.493 e. The van der Waals surface area contributed by atoms with Gasteiger partial charge in [-0.2, -0.15) is 0 Å². The molecular formula is C16H20N2O3S. The van der Waals surface area contributed by atoms with E-state index in [9.17, 15) is 4.79 Å². The summed E-state index contributed by atoms with van der Waals surface area (Å²) < 4.78 is 10.5. The Bertz CT molecular complexity index is 655. The molecule has 0 atom stereocenters. The molecule has 0 saturated heterocycles. The van der Waals surface area contributed by atoms with Crippen molar-refractivity contribution in [1.29, 1.82) is 0 Å². The van der Waals surface area contributed by atoms with E-state index in [2.05, 4.69) is 4.98 Å². The molecule has 0 unspecified atom stereocenters. The van der Waals surface area contributed by atoms with Crippen molar-refractivity contribution >= 4 is 22.4 Å². The van der Waals surface area contributed by atoms with Crippen molar-refractivity contribution in [2.45, 2.75) is 19.8 Å². The van der Waals surface area contributed by atoms with Crippen molar-refractivity contribution in [1.82, 2.24) is 4.98 Å². The second-order valence-electron chi connectivity index (χ2n) is 4.91. The molecule has 1 aromatic carbocycles. The van der Waals surface area contributed by atoms with Crippen molar-refractivity contribution in [3.05, 3.63) is 34.8 Å². The lowest BCUT2D eigenvalue weighted by Crippen LogP contribution is -2.26. The van der Waals surface area contributed by atoms with Crippen LogP contribution in [0.2, 0.25) is 0 Å². The van der Waals surface area contributed by atoms with Crippen LogP contribution in [0, 0.1) is 6.92 Å². The van der Waals surface area contributed by atoms with E-state index in [4.69, 9.17) is 9.47 Å². The van der Waals surface area contributed by atoms with Crippen LogP contribution in [-0.2, 0) is 11.2 Å². The first-order valence-electron chi connectivity index (χ1n) is 6.94. The number of ether oxygens (including phenoxy) is 2. The van der Waals surface area contributed by atoms with Crippen LogP contribution in [0.1, 0.15) is 17.7 Å². The molecule has 0 radical (unpaired) electrons. The van der Waals surface area contributed by atoms with Crippen LogP contribution in [0.25, 0.3) is 0 Å². The van der Waals surface area contributed by atoms with Crippen LogP contribution in [0.15, 0.2) is 23.6 Å². The number of rotatable bonds is 6. The molecule has 1 heterocycles. The fraction of sp³-hybridized carbons (Fsp3) is 0.375. The van der Waals surface area contributed by atoms with E-state index in [1.807, 2.05) is 30.5 Å². The Hall–Kier alpha value is -2.08. The van der Waals surface area contributed by atoms with E-state index < -0.39 is 0 Å². The maximum Gasteiger partial charge on any atom is 0.228 e. The lowest BCUT2D eigenvalue weighted by Gasteiger charge is -2.14. The highest BCUT2D eigenvalue weighted by molar-refractivity contribution is 7.14. The van der Waals surface area contributed by atoms with Gasteiger partial charge in [-0.3, -0.25) is 9.69 Å². The molecule has 118 valence electrons. The van der Waals surface area contributed by atoms with Crippen molar-refractivity contribution < 1.29 is 14.3 Å².